The molecule has 0 amide bonds. The molecule has 0 aliphatic rings. The van der Waals surface area contributed by atoms with Gasteiger partial charge in [-0.25, -0.2) is 4.79 Å². The van der Waals surface area contributed by atoms with Gasteiger partial charge in [0.2, 0.25) is 0 Å². The first kappa shape index (κ1) is 14.4. The molecule has 0 bridgehead atoms. The largest absolute Gasteiger partial charge is 0.468 e. The summed E-state index contributed by atoms with van der Waals surface area (Å²) in [5.41, 5.74) is 3.13. The summed E-state index contributed by atoms with van der Waals surface area (Å²) in [6.07, 6.45) is 1.92. The quantitative estimate of drug-likeness (QED) is 0.711. The van der Waals surface area contributed by atoms with Crippen LogP contribution in [0.15, 0.2) is 60.8 Å². The Bertz CT molecular complexity index is 765. The van der Waals surface area contributed by atoms with E-state index >= 15 is 0 Å². The number of carbonyl (C=O) groups is 1. The number of aromatic amines is 1. The van der Waals surface area contributed by atoms with Gasteiger partial charge in [0.15, 0.2) is 0 Å². The standard InChI is InChI=1S/C18H18N2O2/c1-22-18(21)17(13-6-3-2-4-7-13)20-12-14-8-5-9-16-15(14)10-11-19-16/h2-11,17,19-20H,12H2,1H3/t17-/m1/s1. The molecule has 4 nitrogen and oxygen atoms in total. The summed E-state index contributed by atoms with van der Waals surface area (Å²) < 4.78 is 4.92. The van der Waals surface area contributed by atoms with Crippen molar-refractivity contribution in [3.8, 4) is 0 Å². The highest BCUT2D eigenvalue weighted by molar-refractivity contribution is 5.83. The summed E-state index contributed by atoms with van der Waals surface area (Å²) in [6, 6.07) is 17.3. The number of hydrogen-bond donors (Lipinski definition) is 2. The van der Waals surface area contributed by atoms with E-state index in [-0.39, 0.29) is 5.97 Å². The van der Waals surface area contributed by atoms with Crippen molar-refractivity contribution < 1.29 is 9.53 Å². The Hall–Kier alpha value is -2.59. The van der Waals surface area contributed by atoms with Gasteiger partial charge < -0.3 is 9.72 Å². The maximum Gasteiger partial charge on any atom is 0.327 e. The fourth-order valence-corrected chi connectivity index (χ4v) is 2.62. The normalized spacial score (nSPS) is 12.2. The second kappa shape index (κ2) is 6.45. The smallest absolute Gasteiger partial charge is 0.327 e. The Morgan fingerprint density at radius 1 is 1.14 bits per heavy atom. The molecule has 3 aromatic rings. The molecule has 0 aliphatic carbocycles. The van der Waals surface area contributed by atoms with Crippen molar-refractivity contribution in [2.75, 3.05) is 7.11 Å². The number of H-pyrrole nitrogens is 1. The fourth-order valence-electron chi connectivity index (χ4n) is 2.62. The zero-order chi connectivity index (χ0) is 15.4. The first-order valence-corrected chi connectivity index (χ1v) is 7.21. The topological polar surface area (TPSA) is 54.1 Å². The number of esters is 1. The fraction of sp³-hybridized carbons (Fsp3) is 0.167. The molecule has 0 spiro atoms. The first-order chi connectivity index (χ1) is 10.8. The molecule has 0 aliphatic heterocycles. The highest BCUT2D eigenvalue weighted by Gasteiger charge is 2.20. The molecule has 0 radical (unpaired) electrons. The second-order valence-electron chi connectivity index (χ2n) is 5.10. The highest BCUT2D eigenvalue weighted by atomic mass is 16.5. The van der Waals surface area contributed by atoms with E-state index in [1.165, 1.54) is 7.11 Å². The van der Waals surface area contributed by atoms with Crippen molar-refractivity contribution in [2.45, 2.75) is 12.6 Å². The number of aromatic nitrogens is 1. The molecule has 2 N–H and O–H groups in total. The number of hydrogen-bond acceptors (Lipinski definition) is 3. The Kier molecular flexibility index (Phi) is 4.21. The summed E-state index contributed by atoms with van der Waals surface area (Å²) in [6.45, 7) is 0.587. The van der Waals surface area contributed by atoms with Gasteiger partial charge in [0.05, 0.1) is 7.11 Å². The Morgan fingerprint density at radius 3 is 2.73 bits per heavy atom. The van der Waals surface area contributed by atoms with Gasteiger partial charge in [0, 0.05) is 23.6 Å². The first-order valence-electron chi connectivity index (χ1n) is 7.21. The Balaban J connectivity index is 1.82. The zero-order valence-corrected chi connectivity index (χ0v) is 12.4. The number of nitrogens with one attached hydrogen (secondary N) is 2. The minimum atomic E-state index is -0.472. The van der Waals surface area contributed by atoms with Crippen LogP contribution in [0.4, 0.5) is 0 Å². The van der Waals surface area contributed by atoms with E-state index in [0.717, 1.165) is 22.0 Å². The summed E-state index contributed by atoms with van der Waals surface area (Å²) in [5.74, 6) is -0.285. The van der Waals surface area contributed by atoms with E-state index in [4.69, 9.17) is 4.74 Å². The molecule has 0 unspecified atom stereocenters. The van der Waals surface area contributed by atoms with Gasteiger partial charge in [-0.05, 0) is 23.3 Å². The van der Waals surface area contributed by atoms with Crippen molar-refractivity contribution in [3.63, 3.8) is 0 Å². The second-order valence-corrected chi connectivity index (χ2v) is 5.10. The number of ether oxygens (including phenoxy) is 1. The zero-order valence-electron chi connectivity index (χ0n) is 12.4. The lowest BCUT2D eigenvalue weighted by atomic mass is 10.1. The van der Waals surface area contributed by atoms with Crippen LogP contribution in [0, 0.1) is 0 Å². The number of rotatable bonds is 5. The molecular weight excluding hydrogens is 276 g/mol. The molecule has 2 aromatic carbocycles. The van der Waals surface area contributed by atoms with Gasteiger partial charge in [-0.2, -0.15) is 0 Å². The Labute approximate surface area is 129 Å². The minimum absolute atomic E-state index is 0.285. The van der Waals surface area contributed by atoms with Crippen molar-refractivity contribution in [3.05, 3.63) is 71.9 Å². The van der Waals surface area contributed by atoms with Crippen LogP contribution in [-0.4, -0.2) is 18.1 Å². The van der Waals surface area contributed by atoms with Crippen molar-refractivity contribution >= 4 is 16.9 Å². The highest BCUT2D eigenvalue weighted by Crippen LogP contribution is 2.20. The van der Waals surface area contributed by atoms with Gasteiger partial charge in [0.25, 0.3) is 0 Å². The maximum atomic E-state index is 12.1. The number of carbonyl (C=O) groups excluding carboxylic acids is 1. The minimum Gasteiger partial charge on any atom is -0.468 e. The molecule has 3 rings (SSSR count). The summed E-state index contributed by atoms with van der Waals surface area (Å²) in [7, 11) is 1.41. The molecule has 22 heavy (non-hydrogen) atoms. The van der Waals surface area contributed by atoms with E-state index in [9.17, 15) is 4.79 Å². The van der Waals surface area contributed by atoms with Crippen LogP contribution in [0.3, 0.4) is 0 Å². The molecule has 0 saturated carbocycles. The third kappa shape index (κ3) is 2.87. The molecule has 1 aromatic heterocycles. The lowest BCUT2D eigenvalue weighted by Crippen LogP contribution is -2.29. The lowest BCUT2D eigenvalue weighted by molar-refractivity contribution is -0.143. The van der Waals surface area contributed by atoms with Gasteiger partial charge in [-0.1, -0.05) is 42.5 Å². The van der Waals surface area contributed by atoms with E-state index in [1.807, 2.05) is 54.7 Å². The molecule has 0 saturated heterocycles. The summed E-state index contributed by atoms with van der Waals surface area (Å²) >= 11 is 0. The molecule has 4 heteroatoms. The van der Waals surface area contributed by atoms with Gasteiger partial charge in [0.1, 0.15) is 6.04 Å². The average molecular weight is 294 g/mol. The van der Waals surface area contributed by atoms with Gasteiger partial charge in [-0.3, -0.25) is 5.32 Å². The van der Waals surface area contributed by atoms with Crippen LogP contribution in [0.5, 0.6) is 0 Å². The number of fused-ring (bicyclic) bond motifs is 1. The van der Waals surface area contributed by atoms with Crippen molar-refractivity contribution in [2.24, 2.45) is 0 Å². The van der Waals surface area contributed by atoms with Crippen LogP contribution in [0.1, 0.15) is 17.2 Å². The van der Waals surface area contributed by atoms with Crippen molar-refractivity contribution in [1.82, 2.24) is 10.3 Å². The molecular formula is C18H18N2O2. The maximum absolute atomic E-state index is 12.1. The van der Waals surface area contributed by atoms with Crippen LogP contribution in [0.25, 0.3) is 10.9 Å². The van der Waals surface area contributed by atoms with Gasteiger partial charge in [-0.15, -0.1) is 0 Å². The van der Waals surface area contributed by atoms with E-state index in [2.05, 4.69) is 16.4 Å². The molecule has 112 valence electrons. The molecule has 0 fully saturated rings. The van der Waals surface area contributed by atoms with Crippen LogP contribution in [-0.2, 0) is 16.1 Å². The monoisotopic (exact) mass is 294 g/mol. The lowest BCUT2D eigenvalue weighted by Gasteiger charge is -2.17. The number of methoxy groups -OCH3 is 1. The Morgan fingerprint density at radius 2 is 1.95 bits per heavy atom. The van der Waals surface area contributed by atoms with Crippen LogP contribution < -0.4 is 5.32 Å². The van der Waals surface area contributed by atoms with E-state index in [1.54, 1.807) is 0 Å². The predicted molar refractivity (Wildman–Crippen MR) is 86.3 cm³/mol. The van der Waals surface area contributed by atoms with Crippen molar-refractivity contribution in [1.29, 1.82) is 0 Å². The summed E-state index contributed by atoms with van der Waals surface area (Å²) in [4.78, 5) is 15.3. The third-order valence-corrected chi connectivity index (χ3v) is 3.75. The third-order valence-electron chi connectivity index (χ3n) is 3.75. The van der Waals surface area contributed by atoms with E-state index < -0.39 is 6.04 Å². The average Bonchev–Trinajstić information content (AvgIpc) is 3.05. The molecule has 1 atom stereocenters. The summed E-state index contributed by atoms with van der Waals surface area (Å²) in [5, 5.41) is 4.46. The van der Waals surface area contributed by atoms with Crippen LogP contribution in [0.2, 0.25) is 0 Å². The van der Waals surface area contributed by atoms with E-state index in [0.29, 0.717) is 6.54 Å². The number of benzene rings is 2. The predicted octanol–water partition coefficient (Wildman–Crippen LogP) is 3.17. The van der Waals surface area contributed by atoms with Gasteiger partial charge >= 0.3 is 5.97 Å². The SMILES string of the molecule is COC(=O)[C@H](NCc1cccc2[nH]ccc12)c1ccccc1. The molecule has 1 heterocycles. The van der Waals surface area contributed by atoms with Crippen LogP contribution >= 0.6 is 0 Å².